The van der Waals surface area contributed by atoms with E-state index >= 15 is 0 Å². The van der Waals surface area contributed by atoms with Crippen LogP contribution in [0.4, 0.5) is 0 Å². The molecule has 6 nitrogen and oxygen atoms in total. The van der Waals surface area contributed by atoms with E-state index in [9.17, 15) is 9.59 Å². The number of carbonyl (C=O) groups excluding carboxylic acids is 2. The van der Waals surface area contributed by atoms with Crippen molar-refractivity contribution < 1.29 is 9.59 Å². The number of ketones is 1. The number of hydrogen-bond donors (Lipinski definition) is 0. The molecule has 3 aromatic rings. The number of aromatic nitrogens is 3. The summed E-state index contributed by atoms with van der Waals surface area (Å²) in [5.74, 6) is -0.207. The number of hydrogen-bond acceptors (Lipinski definition) is 4. The predicted octanol–water partition coefficient (Wildman–Crippen LogP) is 5.08. The molecule has 1 saturated carbocycles. The van der Waals surface area contributed by atoms with Gasteiger partial charge < -0.3 is 4.90 Å². The minimum Gasteiger partial charge on any atom is -0.325 e. The number of Topliss-reactive ketones (excluding diaryl/α,β-unsaturated/α-hetero) is 1. The Morgan fingerprint density at radius 2 is 2.00 bits per heavy atom. The molecule has 31 heavy (non-hydrogen) atoms. The van der Waals surface area contributed by atoms with E-state index in [2.05, 4.69) is 10.1 Å². The van der Waals surface area contributed by atoms with Crippen LogP contribution in [0.3, 0.4) is 0 Å². The summed E-state index contributed by atoms with van der Waals surface area (Å²) >= 11 is 6.54. The van der Waals surface area contributed by atoms with Crippen LogP contribution in [0.15, 0.2) is 36.5 Å². The second kappa shape index (κ2) is 8.08. The van der Waals surface area contributed by atoms with E-state index in [-0.39, 0.29) is 17.7 Å². The second-order valence-electron chi connectivity index (χ2n) is 8.55. The van der Waals surface area contributed by atoms with Crippen molar-refractivity contribution in [1.29, 1.82) is 0 Å². The van der Waals surface area contributed by atoms with Crippen molar-refractivity contribution in [1.82, 2.24) is 19.7 Å². The molecule has 4 rings (SSSR count). The molecule has 7 heteroatoms. The highest BCUT2D eigenvalue weighted by atomic mass is 35.5. The smallest absolute Gasteiger partial charge is 0.256 e. The van der Waals surface area contributed by atoms with Crippen molar-refractivity contribution in [2.75, 3.05) is 7.05 Å². The highest BCUT2D eigenvalue weighted by Crippen LogP contribution is 2.43. The molecule has 0 spiro atoms. The number of likely N-dealkylation sites (N-methyl/N-ethyl adjacent to an activating group) is 1. The summed E-state index contributed by atoms with van der Waals surface area (Å²) in [5, 5.41) is 5.72. The minimum atomic E-state index is -1.07. The highest BCUT2D eigenvalue weighted by Gasteiger charge is 2.48. The number of aryl methyl sites for hydroxylation is 1. The van der Waals surface area contributed by atoms with Gasteiger partial charge in [0.1, 0.15) is 5.54 Å². The van der Waals surface area contributed by atoms with Gasteiger partial charge in [-0.2, -0.15) is 5.10 Å². The highest BCUT2D eigenvalue weighted by molar-refractivity contribution is 6.31. The van der Waals surface area contributed by atoms with Gasteiger partial charge in [0.25, 0.3) is 5.91 Å². The molecule has 1 amide bonds. The molecule has 1 atom stereocenters. The Kier molecular flexibility index (Phi) is 5.60. The molecule has 162 valence electrons. The first-order valence-electron chi connectivity index (χ1n) is 10.7. The molecular formula is C24H27ClN4O2. The maximum atomic E-state index is 13.7. The molecule has 1 aromatic carbocycles. The zero-order valence-corrected chi connectivity index (χ0v) is 19.1. The van der Waals surface area contributed by atoms with Crippen LogP contribution in [0, 0.1) is 6.92 Å². The minimum absolute atomic E-state index is 0.0296. The average Bonchev–Trinajstić information content (AvgIpc) is 3.16. The van der Waals surface area contributed by atoms with Crippen LogP contribution in [0.2, 0.25) is 5.02 Å². The number of carbonyl (C=O) groups is 2. The third kappa shape index (κ3) is 3.43. The van der Waals surface area contributed by atoms with Gasteiger partial charge in [-0.05, 0) is 52.2 Å². The van der Waals surface area contributed by atoms with Crippen LogP contribution in [-0.2, 0) is 10.3 Å². The number of amides is 1. The molecule has 2 aromatic heterocycles. The van der Waals surface area contributed by atoms with E-state index in [1.165, 1.54) is 0 Å². The number of benzene rings is 1. The van der Waals surface area contributed by atoms with Crippen molar-refractivity contribution in [2.45, 2.75) is 58.0 Å². The molecule has 2 heterocycles. The summed E-state index contributed by atoms with van der Waals surface area (Å²) in [7, 11) is 1.70. The fourth-order valence-electron chi connectivity index (χ4n) is 4.64. The van der Waals surface area contributed by atoms with E-state index in [1.54, 1.807) is 24.2 Å². The summed E-state index contributed by atoms with van der Waals surface area (Å²) in [5.41, 5.74) is 1.46. The zero-order valence-electron chi connectivity index (χ0n) is 18.4. The van der Waals surface area contributed by atoms with E-state index in [1.807, 2.05) is 49.7 Å². The van der Waals surface area contributed by atoms with Gasteiger partial charge in [-0.3, -0.25) is 9.59 Å². The van der Waals surface area contributed by atoms with E-state index in [0.717, 1.165) is 23.9 Å². The normalized spacial score (nSPS) is 19.2. The van der Waals surface area contributed by atoms with Crippen LogP contribution < -0.4 is 0 Å². The van der Waals surface area contributed by atoms with Gasteiger partial charge in [0, 0.05) is 35.5 Å². The Hall–Kier alpha value is -2.73. The van der Waals surface area contributed by atoms with Crippen LogP contribution in [0.1, 0.15) is 67.2 Å². The maximum Gasteiger partial charge on any atom is 0.256 e. The molecule has 0 N–H and O–H groups in total. The van der Waals surface area contributed by atoms with Gasteiger partial charge in [-0.15, -0.1) is 0 Å². The van der Waals surface area contributed by atoms with Gasteiger partial charge in [0.2, 0.25) is 0 Å². The fraction of sp³-hybridized carbons (Fsp3) is 0.417. The standard InChI is InChI=1S/C24H27ClN4O2/c1-15(2)29-22-17(14-26-29)13-18(16(3)27-22)23(31)28(4)24(12-8-7-11-21(24)30)19-9-5-6-10-20(19)25/h5-6,9-10,13-15H,7-8,11-12H2,1-4H3. The SMILES string of the molecule is Cc1nc2c(cnn2C(C)C)cc1C(=O)N(C)C1(c2ccccc2Cl)CCCCC1=O. The van der Waals surface area contributed by atoms with Crippen LogP contribution in [0.5, 0.6) is 0 Å². The lowest BCUT2D eigenvalue weighted by Crippen LogP contribution is -2.54. The van der Waals surface area contributed by atoms with Crippen molar-refractivity contribution in [2.24, 2.45) is 0 Å². The summed E-state index contributed by atoms with van der Waals surface area (Å²) < 4.78 is 1.84. The third-order valence-electron chi connectivity index (χ3n) is 6.33. The van der Waals surface area contributed by atoms with Gasteiger partial charge in [0.15, 0.2) is 11.4 Å². The third-order valence-corrected chi connectivity index (χ3v) is 6.66. The lowest BCUT2D eigenvalue weighted by molar-refractivity contribution is -0.132. The number of halogens is 1. The predicted molar refractivity (Wildman–Crippen MR) is 121 cm³/mol. The van der Waals surface area contributed by atoms with Crippen molar-refractivity contribution in [3.63, 3.8) is 0 Å². The first-order chi connectivity index (χ1) is 14.8. The first-order valence-corrected chi connectivity index (χ1v) is 11.1. The lowest BCUT2D eigenvalue weighted by Gasteiger charge is -2.44. The second-order valence-corrected chi connectivity index (χ2v) is 8.96. The molecule has 1 fully saturated rings. The monoisotopic (exact) mass is 438 g/mol. The van der Waals surface area contributed by atoms with E-state index < -0.39 is 5.54 Å². The first kappa shape index (κ1) is 21.5. The van der Waals surface area contributed by atoms with Crippen LogP contribution in [-0.4, -0.2) is 38.4 Å². The fourth-order valence-corrected chi connectivity index (χ4v) is 4.94. The topological polar surface area (TPSA) is 68.1 Å². The van der Waals surface area contributed by atoms with Gasteiger partial charge >= 0.3 is 0 Å². The quantitative estimate of drug-likeness (QED) is 0.569. The van der Waals surface area contributed by atoms with E-state index in [0.29, 0.717) is 34.7 Å². The van der Waals surface area contributed by atoms with Crippen molar-refractivity contribution >= 4 is 34.3 Å². The number of rotatable bonds is 4. The molecule has 0 bridgehead atoms. The van der Waals surface area contributed by atoms with E-state index in [4.69, 9.17) is 11.6 Å². The molecule has 0 aliphatic heterocycles. The molecular weight excluding hydrogens is 412 g/mol. The lowest BCUT2D eigenvalue weighted by atomic mass is 9.74. The number of nitrogens with zero attached hydrogens (tertiary/aromatic N) is 4. The number of fused-ring (bicyclic) bond motifs is 1. The zero-order chi connectivity index (χ0) is 22.3. The summed E-state index contributed by atoms with van der Waals surface area (Å²) in [4.78, 5) is 33.3. The molecule has 1 aliphatic carbocycles. The molecule has 1 aliphatic rings. The Labute approximate surface area is 187 Å². The molecule has 1 unspecified atom stereocenters. The Balaban J connectivity index is 1.82. The summed E-state index contributed by atoms with van der Waals surface area (Å²) in [6.45, 7) is 5.90. The van der Waals surface area contributed by atoms with Gasteiger partial charge in [0.05, 0.1) is 17.5 Å². The van der Waals surface area contributed by atoms with Gasteiger partial charge in [-0.25, -0.2) is 9.67 Å². The van der Waals surface area contributed by atoms with Crippen LogP contribution >= 0.6 is 11.6 Å². The Morgan fingerprint density at radius 1 is 1.26 bits per heavy atom. The number of pyridine rings is 1. The van der Waals surface area contributed by atoms with Crippen LogP contribution in [0.25, 0.3) is 11.0 Å². The summed E-state index contributed by atoms with van der Waals surface area (Å²) in [6.07, 6.45) is 4.40. The summed E-state index contributed by atoms with van der Waals surface area (Å²) in [6, 6.07) is 9.33. The largest absolute Gasteiger partial charge is 0.325 e. The van der Waals surface area contributed by atoms with Gasteiger partial charge in [-0.1, -0.05) is 29.8 Å². The van der Waals surface area contributed by atoms with Crippen molar-refractivity contribution in [3.05, 3.63) is 58.4 Å². The van der Waals surface area contributed by atoms with Crippen molar-refractivity contribution in [3.8, 4) is 0 Å². The maximum absolute atomic E-state index is 13.7. The molecule has 0 radical (unpaired) electrons. The molecule has 0 saturated heterocycles. The average molecular weight is 439 g/mol. The Bertz CT molecular complexity index is 1170. The Morgan fingerprint density at radius 3 is 2.68 bits per heavy atom.